The molecule has 4 rings (SSSR count). The van der Waals surface area contributed by atoms with Crippen LogP contribution >= 0.6 is 46.3 Å². The zero-order valence-electron chi connectivity index (χ0n) is 15.7. The number of benzene rings is 2. The Kier molecular flexibility index (Phi) is 6.39. The molecule has 0 radical (unpaired) electrons. The van der Waals surface area contributed by atoms with Gasteiger partial charge < -0.3 is 14.5 Å². The van der Waals surface area contributed by atoms with Gasteiger partial charge in [0, 0.05) is 36.1 Å². The first-order chi connectivity index (χ1) is 14.0. The summed E-state index contributed by atoms with van der Waals surface area (Å²) in [5.41, 5.74) is 1.02. The van der Waals surface area contributed by atoms with Gasteiger partial charge in [-0.15, -0.1) is 11.8 Å². The summed E-state index contributed by atoms with van der Waals surface area (Å²) in [7, 11) is 0. The lowest BCUT2D eigenvalue weighted by atomic mass is 10.3. The molecule has 0 atom stereocenters. The number of amides is 1. The summed E-state index contributed by atoms with van der Waals surface area (Å²) in [6.07, 6.45) is 2.07. The molecule has 0 spiro atoms. The second-order valence-electron chi connectivity index (χ2n) is 6.56. The van der Waals surface area contributed by atoms with Crippen molar-refractivity contribution in [2.45, 2.75) is 4.90 Å². The van der Waals surface area contributed by atoms with Crippen LogP contribution in [0.2, 0.25) is 10.0 Å². The minimum absolute atomic E-state index is 0.0417. The van der Waals surface area contributed by atoms with Crippen LogP contribution in [-0.2, 0) is 4.79 Å². The van der Waals surface area contributed by atoms with Gasteiger partial charge in [0.05, 0.1) is 15.2 Å². The van der Waals surface area contributed by atoms with Crippen molar-refractivity contribution in [3.05, 3.63) is 46.4 Å². The molecule has 29 heavy (non-hydrogen) atoms. The van der Waals surface area contributed by atoms with Crippen LogP contribution in [0.15, 0.2) is 41.3 Å². The monoisotopic (exact) mass is 467 g/mol. The Morgan fingerprint density at radius 2 is 1.97 bits per heavy atom. The number of hydrogen-bond donors (Lipinski definition) is 0. The van der Waals surface area contributed by atoms with E-state index in [9.17, 15) is 4.79 Å². The number of piperazine rings is 1. The Morgan fingerprint density at radius 3 is 2.69 bits per heavy atom. The average Bonchev–Trinajstić information content (AvgIpc) is 3.16. The van der Waals surface area contributed by atoms with E-state index in [1.54, 1.807) is 41.3 Å². The number of hydrogen-bond acceptors (Lipinski definition) is 6. The van der Waals surface area contributed by atoms with Crippen LogP contribution in [0.5, 0.6) is 5.75 Å². The topological polar surface area (TPSA) is 45.7 Å². The van der Waals surface area contributed by atoms with E-state index in [0.29, 0.717) is 28.9 Å². The molecule has 1 saturated heterocycles. The summed E-state index contributed by atoms with van der Waals surface area (Å²) < 4.78 is 6.77. The number of thiazole rings is 1. The van der Waals surface area contributed by atoms with Crippen LogP contribution in [0, 0.1) is 0 Å². The van der Waals surface area contributed by atoms with Crippen LogP contribution in [-0.4, -0.2) is 54.8 Å². The van der Waals surface area contributed by atoms with Crippen LogP contribution < -0.4 is 9.64 Å². The zero-order chi connectivity index (χ0) is 20.4. The number of fused-ring (bicyclic) bond motifs is 1. The van der Waals surface area contributed by atoms with Gasteiger partial charge in [0.2, 0.25) is 0 Å². The van der Waals surface area contributed by atoms with Crippen molar-refractivity contribution in [1.82, 2.24) is 9.88 Å². The second-order valence-corrected chi connectivity index (χ2v) is 9.29. The molecule has 9 heteroatoms. The number of aromatic nitrogens is 1. The Balaban J connectivity index is 1.33. The van der Waals surface area contributed by atoms with Gasteiger partial charge in [0.1, 0.15) is 5.75 Å². The first-order valence-corrected chi connectivity index (χ1v) is 11.9. The molecule has 1 fully saturated rings. The summed E-state index contributed by atoms with van der Waals surface area (Å²) in [5, 5.41) is 1.94. The molecule has 1 aromatic heterocycles. The third-order valence-electron chi connectivity index (χ3n) is 4.73. The van der Waals surface area contributed by atoms with Crippen molar-refractivity contribution in [2.24, 2.45) is 0 Å². The average molecular weight is 468 g/mol. The fraction of sp³-hybridized carbons (Fsp3) is 0.300. The van der Waals surface area contributed by atoms with E-state index in [4.69, 9.17) is 32.9 Å². The van der Waals surface area contributed by atoms with Gasteiger partial charge in [-0.1, -0.05) is 34.5 Å². The molecule has 1 amide bonds. The molecule has 3 aromatic rings. The van der Waals surface area contributed by atoms with Crippen LogP contribution in [0.4, 0.5) is 5.13 Å². The Morgan fingerprint density at radius 1 is 1.17 bits per heavy atom. The molecule has 0 unspecified atom stereocenters. The predicted octanol–water partition coefficient (Wildman–Crippen LogP) is 5.05. The smallest absolute Gasteiger partial charge is 0.260 e. The predicted molar refractivity (Wildman–Crippen MR) is 122 cm³/mol. The lowest BCUT2D eigenvalue weighted by Crippen LogP contribution is -2.50. The van der Waals surface area contributed by atoms with Crippen LogP contribution in [0.3, 0.4) is 0 Å². The van der Waals surface area contributed by atoms with Crippen molar-refractivity contribution in [1.29, 1.82) is 0 Å². The van der Waals surface area contributed by atoms with Crippen molar-refractivity contribution >= 4 is 67.6 Å². The van der Waals surface area contributed by atoms with Crippen LogP contribution in [0.1, 0.15) is 0 Å². The minimum Gasteiger partial charge on any atom is -0.482 e. The van der Waals surface area contributed by atoms with Crippen LogP contribution in [0.25, 0.3) is 10.2 Å². The highest BCUT2D eigenvalue weighted by Crippen LogP contribution is 2.32. The number of thioether (sulfide) groups is 1. The van der Waals surface area contributed by atoms with Gasteiger partial charge in [0.25, 0.3) is 5.91 Å². The maximum Gasteiger partial charge on any atom is 0.260 e. The molecule has 1 aliphatic rings. The van der Waals surface area contributed by atoms with E-state index in [1.807, 2.05) is 4.90 Å². The Bertz CT molecular complexity index is 1040. The third kappa shape index (κ3) is 4.74. The maximum atomic E-state index is 12.5. The van der Waals surface area contributed by atoms with Crippen molar-refractivity contribution in [3.8, 4) is 5.75 Å². The molecular weight excluding hydrogens is 449 g/mol. The molecule has 1 aliphatic heterocycles. The van der Waals surface area contributed by atoms with E-state index in [2.05, 4.69) is 29.4 Å². The second kappa shape index (κ2) is 9.00. The number of rotatable bonds is 5. The zero-order valence-corrected chi connectivity index (χ0v) is 18.9. The van der Waals surface area contributed by atoms with E-state index in [0.717, 1.165) is 23.7 Å². The van der Waals surface area contributed by atoms with E-state index < -0.39 is 0 Å². The van der Waals surface area contributed by atoms with E-state index in [1.165, 1.54) is 9.60 Å². The number of halogens is 2. The molecular formula is C20H19Cl2N3O2S2. The fourth-order valence-electron chi connectivity index (χ4n) is 3.13. The molecule has 0 saturated carbocycles. The number of carbonyl (C=O) groups is 1. The molecule has 2 aromatic carbocycles. The van der Waals surface area contributed by atoms with Gasteiger partial charge in [-0.25, -0.2) is 4.98 Å². The molecule has 152 valence electrons. The summed E-state index contributed by atoms with van der Waals surface area (Å²) in [6, 6.07) is 11.3. The summed E-state index contributed by atoms with van der Waals surface area (Å²) in [4.78, 5) is 22.6. The number of carbonyl (C=O) groups excluding carboxylic acids is 1. The number of ether oxygens (including phenoxy) is 1. The van der Waals surface area contributed by atoms with Crippen molar-refractivity contribution in [2.75, 3.05) is 43.9 Å². The Hall–Kier alpha value is -1.67. The highest BCUT2D eigenvalue weighted by Gasteiger charge is 2.23. The van der Waals surface area contributed by atoms with Gasteiger partial charge in [-0.2, -0.15) is 0 Å². The standard InChI is InChI=1S/C20H19Cl2N3O2S2/c1-28-14-3-4-16-18(11-14)29-20(23-16)25-8-6-24(7-9-25)19(26)12-27-17-5-2-13(21)10-15(17)22/h2-5,10-11H,6-9,12H2,1H3. The number of anilines is 1. The quantitative estimate of drug-likeness (QED) is 0.491. The van der Waals surface area contributed by atoms with E-state index >= 15 is 0 Å². The maximum absolute atomic E-state index is 12.5. The molecule has 0 aliphatic carbocycles. The highest BCUT2D eigenvalue weighted by atomic mass is 35.5. The summed E-state index contributed by atoms with van der Waals surface area (Å²) in [5.74, 6) is 0.409. The first-order valence-electron chi connectivity index (χ1n) is 9.08. The largest absolute Gasteiger partial charge is 0.482 e. The van der Waals surface area contributed by atoms with Crippen molar-refractivity contribution < 1.29 is 9.53 Å². The molecule has 5 nitrogen and oxygen atoms in total. The van der Waals surface area contributed by atoms with Gasteiger partial charge >= 0.3 is 0 Å². The SMILES string of the molecule is CSc1ccc2nc(N3CCN(C(=O)COc4ccc(Cl)cc4Cl)CC3)sc2c1. The first kappa shape index (κ1) is 20.6. The molecule has 2 heterocycles. The fourth-order valence-corrected chi connectivity index (χ4v) is 5.16. The molecule has 0 N–H and O–H groups in total. The minimum atomic E-state index is -0.0513. The highest BCUT2D eigenvalue weighted by molar-refractivity contribution is 7.98. The summed E-state index contributed by atoms with van der Waals surface area (Å²) in [6.45, 7) is 2.75. The lowest BCUT2D eigenvalue weighted by Gasteiger charge is -2.34. The van der Waals surface area contributed by atoms with Gasteiger partial charge in [-0.05, 0) is 42.7 Å². The van der Waals surface area contributed by atoms with Gasteiger partial charge in [0.15, 0.2) is 11.7 Å². The third-order valence-corrected chi connectivity index (χ3v) is 7.07. The van der Waals surface area contributed by atoms with Crippen molar-refractivity contribution in [3.63, 3.8) is 0 Å². The number of nitrogens with zero attached hydrogens (tertiary/aromatic N) is 3. The van der Waals surface area contributed by atoms with Gasteiger partial charge in [-0.3, -0.25) is 4.79 Å². The lowest BCUT2D eigenvalue weighted by molar-refractivity contribution is -0.133. The molecule has 0 bridgehead atoms. The Labute approximate surface area is 187 Å². The summed E-state index contributed by atoms with van der Waals surface area (Å²) >= 11 is 15.4. The normalized spacial score (nSPS) is 14.4. The van der Waals surface area contributed by atoms with E-state index in [-0.39, 0.29) is 12.5 Å².